The summed E-state index contributed by atoms with van der Waals surface area (Å²) < 4.78 is 5.39. The summed E-state index contributed by atoms with van der Waals surface area (Å²) in [5.41, 5.74) is 0.148. The molecule has 0 heterocycles. The molecule has 3 aromatic carbocycles. The van der Waals surface area contributed by atoms with Gasteiger partial charge in [-0.15, -0.1) is 0 Å². The van der Waals surface area contributed by atoms with Gasteiger partial charge in [-0.25, -0.2) is 9.59 Å². The third-order valence-corrected chi connectivity index (χ3v) is 5.25. The van der Waals surface area contributed by atoms with Gasteiger partial charge in [0.05, 0.1) is 17.8 Å². The van der Waals surface area contributed by atoms with Crippen molar-refractivity contribution in [3.8, 4) is 0 Å². The van der Waals surface area contributed by atoms with Gasteiger partial charge in [-0.2, -0.15) is 0 Å². The van der Waals surface area contributed by atoms with E-state index in [0.29, 0.717) is 5.56 Å². The average molecular weight is 555 g/mol. The third kappa shape index (κ3) is 9.33. The van der Waals surface area contributed by atoms with Crippen LogP contribution in [0.25, 0.3) is 0 Å². The number of para-hydroxylation sites is 1. The minimum absolute atomic E-state index is 0. The van der Waals surface area contributed by atoms with Gasteiger partial charge in [0.25, 0.3) is 0 Å². The van der Waals surface area contributed by atoms with Crippen molar-refractivity contribution in [1.82, 2.24) is 5.32 Å². The normalized spacial score (nSPS) is 10.5. The van der Waals surface area contributed by atoms with Crippen molar-refractivity contribution < 1.29 is 33.8 Å². The number of amides is 3. The van der Waals surface area contributed by atoms with Gasteiger partial charge in [0.2, 0.25) is 5.91 Å². The van der Waals surface area contributed by atoms with Crippen LogP contribution in [-0.2, 0) is 14.3 Å². The summed E-state index contributed by atoms with van der Waals surface area (Å²) >= 11 is 0. The van der Waals surface area contributed by atoms with Crippen molar-refractivity contribution in [1.29, 1.82) is 0 Å². The summed E-state index contributed by atoms with van der Waals surface area (Å²) in [6.07, 6.45) is 0. The summed E-state index contributed by atoms with van der Waals surface area (Å²) in [6.45, 7) is 4.04. The van der Waals surface area contributed by atoms with Gasteiger partial charge in [-0.05, 0) is 51.1 Å². The Balaban J connectivity index is 0.00000560. The summed E-state index contributed by atoms with van der Waals surface area (Å²) in [5, 5.41) is 14.0. The van der Waals surface area contributed by atoms with E-state index < -0.39 is 42.6 Å². The number of carbonyl (C=O) groups is 5. The van der Waals surface area contributed by atoms with E-state index in [2.05, 4.69) is 10.6 Å². The van der Waals surface area contributed by atoms with Crippen LogP contribution in [-0.4, -0.2) is 83.0 Å². The molecule has 0 aliphatic rings. The van der Waals surface area contributed by atoms with Crippen molar-refractivity contribution in [3.05, 3.63) is 95.6 Å². The first-order valence-corrected chi connectivity index (χ1v) is 12.0. The van der Waals surface area contributed by atoms with E-state index in [4.69, 9.17) is 9.84 Å². The van der Waals surface area contributed by atoms with Crippen LogP contribution in [0.3, 0.4) is 0 Å². The van der Waals surface area contributed by atoms with Crippen molar-refractivity contribution in [2.75, 3.05) is 23.3 Å². The minimum atomic E-state index is -1.16. The number of ether oxygens (including phenoxy) is 1. The fourth-order valence-electron chi connectivity index (χ4n) is 3.61. The van der Waals surface area contributed by atoms with Crippen LogP contribution in [0, 0.1) is 0 Å². The Morgan fingerprint density at radius 3 is 2.12 bits per heavy atom. The topological polar surface area (TPSA) is 142 Å². The molecule has 0 aromatic heterocycles. The Kier molecular flexibility index (Phi) is 11.6. The molecule has 0 aliphatic heterocycles. The molecule has 0 spiro atoms. The van der Waals surface area contributed by atoms with Crippen molar-refractivity contribution in [3.63, 3.8) is 0 Å². The van der Waals surface area contributed by atoms with Gasteiger partial charge in [0, 0.05) is 46.4 Å². The zero-order valence-electron chi connectivity index (χ0n) is 22.8. The molecule has 0 bridgehead atoms. The number of hydrogen-bond acceptors (Lipinski definition) is 6. The maximum absolute atomic E-state index is 13.3. The van der Waals surface area contributed by atoms with Gasteiger partial charge in [-0.1, -0.05) is 48.5 Å². The fraction of sp³-hybridized carbons (Fsp3) is 0.207. The molecule has 3 rings (SSSR count). The van der Waals surface area contributed by atoms with Crippen molar-refractivity contribution >= 4 is 70.6 Å². The summed E-state index contributed by atoms with van der Waals surface area (Å²) in [7, 11) is 0. The summed E-state index contributed by atoms with van der Waals surface area (Å²) in [6, 6.07) is 19.7. The van der Waals surface area contributed by atoms with Gasteiger partial charge in [-0.3, -0.25) is 19.3 Å². The molecular formula is C29H29N3NaO7. The summed E-state index contributed by atoms with van der Waals surface area (Å²) in [5.74, 6) is -2.88. The van der Waals surface area contributed by atoms with Crippen molar-refractivity contribution in [2.24, 2.45) is 0 Å². The number of ketones is 1. The van der Waals surface area contributed by atoms with Crippen LogP contribution in [0.1, 0.15) is 47.1 Å². The smallest absolute Gasteiger partial charge is 0.335 e. The Hall–Kier alpha value is -3.99. The largest absolute Gasteiger partial charge is 0.478 e. The Labute approximate surface area is 254 Å². The van der Waals surface area contributed by atoms with Crippen LogP contribution in [0.4, 0.5) is 16.2 Å². The molecule has 0 atom stereocenters. The van der Waals surface area contributed by atoms with E-state index >= 15 is 0 Å². The van der Waals surface area contributed by atoms with E-state index in [1.807, 2.05) is 0 Å². The fourth-order valence-corrected chi connectivity index (χ4v) is 3.61. The first-order valence-electron chi connectivity index (χ1n) is 12.0. The van der Waals surface area contributed by atoms with E-state index in [-0.39, 0.29) is 57.8 Å². The number of nitrogens with one attached hydrogen (secondary N) is 2. The molecule has 3 amide bonds. The standard InChI is InChI=1S/C29H29N3O7.Na/c1-29(2,3)39-25(34)18-32(23-15-8-7-14-22(23)26(35)19-10-5-4-6-11-19)24(33)17-30-28(38)31-21-13-9-12-20(16-21)27(36)37;/h4-16H,17-18H2,1-3H3,(H,36,37)(H2,30,31,38);. The molecule has 1 radical (unpaired) electrons. The first-order chi connectivity index (χ1) is 18.4. The molecule has 203 valence electrons. The molecule has 10 nitrogen and oxygen atoms in total. The number of hydrogen-bond donors (Lipinski definition) is 3. The van der Waals surface area contributed by atoms with Crippen LogP contribution in [0.5, 0.6) is 0 Å². The zero-order chi connectivity index (χ0) is 28.6. The number of esters is 1. The van der Waals surface area contributed by atoms with Gasteiger partial charge in [0.1, 0.15) is 12.1 Å². The number of urea groups is 1. The molecular weight excluding hydrogens is 525 g/mol. The molecule has 0 fully saturated rings. The number of carbonyl (C=O) groups excluding carboxylic acids is 4. The minimum Gasteiger partial charge on any atom is -0.478 e. The summed E-state index contributed by atoms with van der Waals surface area (Å²) in [4.78, 5) is 64.0. The molecule has 3 N–H and O–H groups in total. The number of anilines is 2. The van der Waals surface area contributed by atoms with Crippen LogP contribution >= 0.6 is 0 Å². The average Bonchev–Trinajstić information content (AvgIpc) is 2.89. The van der Waals surface area contributed by atoms with E-state index in [1.165, 1.54) is 30.3 Å². The Morgan fingerprint density at radius 1 is 0.850 bits per heavy atom. The maximum atomic E-state index is 13.3. The van der Waals surface area contributed by atoms with E-state index in [9.17, 15) is 24.0 Å². The predicted molar refractivity (Wildman–Crippen MR) is 151 cm³/mol. The SMILES string of the molecule is CC(C)(C)OC(=O)CN(C(=O)CNC(=O)Nc1cccc(C(=O)O)c1)c1ccccc1C(=O)c1ccccc1.[Na]. The quantitative estimate of drug-likeness (QED) is 0.208. The Morgan fingerprint density at radius 2 is 1.48 bits per heavy atom. The van der Waals surface area contributed by atoms with Crippen molar-refractivity contribution in [2.45, 2.75) is 26.4 Å². The van der Waals surface area contributed by atoms with Gasteiger partial charge in [0.15, 0.2) is 5.78 Å². The first kappa shape index (κ1) is 32.2. The third-order valence-electron chi connectivity index (χ3n) is 5.25. The van der Waals surface area contributed by atoms with Crippen LogP contribution in [0.2, 0.25) is 0 Å². The van der Waals surface area contributed by atoms with Gasteiger partial charge >= 0.3 is 18.0 Å². The number of aromatic carboxylic acids is 1. The van der Waals surface area contributed by atoms with Crippen LogP contribution < -0.4 is 15.5 Å². The second-order valence-corrected chi connectivity index (χ2v) is 9.47. The number of rotatable bonds is 9. The second-order valence-electron chi connectivity index (χ2n) is 9.47. The second kappa shape index (κ2) is 14.4. The molecule has 0 unspecified atom stereocenters. The maximum Gasteiger partial charge on any atom is 0.335 e. The van der Waals surface area contributed by atoms with E-state index in [1.54, 1.807) is 69.3 Å². The Bertz CT molecular complexity index is 1390. The molecule has 11 heteroatoms. The predicted octanol–water partition coefficient (Wildman–Crippen LogP) is 3.73. The molecule has 0 saturated carbocycles. The number of carboxylic acid groups (broad SMARTS) is 1. The number of nitrogens with zero attached hydrogens (tertiary/aromatic N) is 1. The molecule has 0 saturated heterocycles. The monoisotopic (exact) mass is 554 g/mol. The number of benzene rings is 3. The van der Waals surface area contributed by atoms with E-state index in [0.717, 1.165) is 4.90 Å². The number of carboxylic acids is 1. The molecule has 0 aliphatic carbocycles. The molecule has 3 aromatic rings. The zero-order valence-corrected chi connectivity index (χ0v) is 24.8. The van der Waals surface area contributed by atoms with Crippen LogP contribution in [0.15, 0.2) is 78.9 Å². The molecule has 40 heavy (non-hydrogen) atoms. The van der Waals surface area contributed by atoms with Gasteiger partial charge < -0.3 is 20.5 Å².